The summed E-state index contributed by atoms with van der Waals surface area (Å²) in [4.78, 5) is 0. The summed E-state index contributed by atoms with van der Waals surface area (Å²) in [7, 11) is -0.938. The second-order valence-corrected chi connectivity index (χ2v) is 7.73. The van der Waals surface area contributed by atoms with Gasteiger partial charge < -0.3 is 5.32 Å². The highest BCUT2D eigenvalue weighted by atomic mass is 35.5. The number of rotatable bonds is 8. The number of halogens is 1. The molecule has 0 saturated carbocycles. The Labute approximate surface area is 121 Å². The van der Waals surface area contributed by atoms with Crippen LogP contribution in [0.25, 0.3) is 0 Å². The minimum atomic E-state index is -2.86. The maximum Gasteiger partial charge on any atom is 0.147 e. The first-order chi connectivity index (χ1) is 8.90. The van der Waals surface area contributed by atoms with Gasteiger partial charge in [0.25, 0.3) is 0 Å². The Balaban J connectivity index is 2.52. The Morgan fingerprint density at radius 2 is 2.11 bits per heavy atom. The molecular weight excluding hydrogens is 282 g/mol. The van der Waals surface area contributed by atoms with E-state index in [1.807, 2.05) is 25.2 Å². The Morgan fingerprint density at radius 3 is 2.68 bits per heavy atom. The van der Waals surface area contributed by atoms with Crippen molar-refractivity contribution in [2.24, 2.45) is 5.92 Å². The van der Waals surface area contributed by atoms with Crippen LogP contribution in [0.5, 0.6) is 0 Å². The van der Waals surface area contributed by atoms with E-state index in [0.717, 1.165) is 24.4 Å². The van der Waals surface area contributed by atoms with E-state index in [1.165, 1.54) is 11.8 Å². The summed E-state index contributed by atoms with van der Waals surface area (Å²) in [5.41, 5.74) is 1.20. The van der Waals surface area contributed by atoms with Gasteiger partial charge in [0.1, 0.15) is 9.84 Å². The summed E-state index contributed by atoms with van der Waals surface area (Å²) < 4.78 is 22.3. The van der Waals surface area contributed by atoms with Crippen LogP contribution in [0.3, 0.4) is 0 Å². The normalized spacial score (nSPS) is 13.4. The second-order valence-electron chi connectivity index (χ2n) is 5.03. The van der Waals surface area contributed by atoms with Crippen molar-refractivity contribution in [2.45, 2.75) is 19.3 Å². The molecule has 1 aromatic carbocycles. The van der Waals surface area contributed by atoms with Gasteiger partial charge in [-0.15, -0.1) is 0 Å². The van der Waals surface area contributed by atoms with Crippen molar-refractivity contribution in [3.8, 4) is 0 Å². The third-order valence-corrected chi connectivity index (χ3v) is 4.30. The van der Waals surface area contributed by atoms with E-state index in [2.05, 4.69) is 11.4 Å². The minimum absolute atomic E-state index is 0.267. The molecule has 0 fully saturated rings. The fourth-order valence-electron chi connectivity index (χ4n) is 2.20. The summed E-state index contributed by atoms with van der Waals surface area (Å²) in [5.74, 6) is 0.702. The lowest BCUT2D eigenvalue weighted by Gasteiger charge is -2.16. The van der Waals surface area contributed by atoms with Gasteiger partial charge in [-0.2, -0.15) is 0 Å². The van der Waals surface area contributed by atoms with E-state index in [4.69, 9.17) is 11.6 Å². The third-order valence-electron chi connectivity index (χ3n) is 3.03. The summed E-state index contributed by atoms with van der Waals surface area (Å²) in [6.07, 6.45) is 3.83. The van der Waals surface area contributed by atoms with Gasteiger partial charge >= 0.3 is 0 Å². The molecule has 1 rings (SSSR count). The number of nitrogens with one attached hydrogen (secondary N) is 1. The number of sulfone groups is 1. The average molecular weight is 304 g/mol. The highest BCUT2D eigenvalue weighted by Crippen LogP contribution is 2.17. The van der Waals surface area contributed by atoms with Crippen molar-refractivity contribution >= 4 is 21.4 Å². The molecule has 1 N–H and O–H groups in total. The van der Waals surface area contributed by atoms with E-state index in [9.17, 15) is 8.42 Å². The molecule has 0 radical (unpaired) electrons. The molecule has 3 nitrogen and oxygen atoms in total. The molecule has 0 aliphatic rings. The van der Waals surface area contributed by atoms with E-state index in [1.54, 1.807) is 0 Å². The zero-order chi connectivity index (χ0) is 14.3. The standard InChI is InChI=1S/C14H22ClNO2S/c1-16-11-13(6-4-8-19(2,17)18)9-12-5-3-7-14(15)10-12/h3,5,7,10,13,16H,4,6,8-9,11H2,1-2H3. The predicted octanol–water partition coefficient (Wildman–Crippen LogP) is 2.54. The molecule has 0 aromatic heterocycles. The van der Waals surface area contributed by atoms with Crippen molar-refractivity contribution in [2.75, 3.05) is 25.6 Å². The van der Waals surface area contributed by atoms with E-state index in [0.29, 0.717) is 12.3 Å². The molecule has 108 valence electrons. The van der Waals surface area contributed by atoms with Crippen molar-refractivity contribution in [1.29, 1.82) is 0 Å². The number of benzene rings is 1. The van der Waals surface area contributed by atoms with E-state index in [-0.39, 0.29) is 5.75 Å². The number of hydrogen-bond acceptors (Lipinski definition) is 3. The van der Waals surface area contributed by atoms with Crippen LogP contribution in [-0.4, -0.2) is 34.0 Å². The molecule has 0 bridgehead atoms. The molecule has 1 aromatic rings. The summed E-state index contributed by atoms with van der Waals surface area (Å²) in [6, 6.07) is 7.85. The highest BCUT2D eigenvalue weighted by Gasteiger charge is 2.11. The summed E-state index contributed by atoms with van der Waals surface area (Å²) in [5, 5.41) is 3.91. The molecule has 0 saturated heterocycles. The monoisotopic (exact) mass is 303 g/mol. The topological polar surface area (TPSA) is 46.2 Å². The average Bonchev–Trinajstić information content (AvgIpc) is 2.27. The van der Waals surface area contributed by atoms with Crippen molar-refractivity contribution in [1.82, 2.24) is 5.32 Å². The Morgan fingerprint density at radius 1 is 1.37 bits per heavy atom. The van der Waals surface area contributed by atoms with Crippen LogP contribution in [0, 0.1) is 5.92 Å². The molecule has 1 atom stereocenters. The van der Waals surface area contributed by atoms with Gasteiger partial charge in [0.05, 0.1) is 0 Å². The SMILES string of the molecule is CNCC(CCCS(C)(=O)=O)Cc1cccc(Cl)c1. The summed E-state index contributed by atoms with van der Waals surface area (Å²) >= 11 is 5.97. The van der Waals surface area contributed by atoms with Gasteiger partial charge in [0.2, 0.25) is 0 Å². The lowest BCUT2D eigenvalue weighted by molar-refractivity contribution is 0.455. The lowest BCUT2D eigenvalue weighted by atomic mass is 9.95. The maximum absolute atomic E-state index is 11.1. The molecule has 0 aliphatic heterocycles. The van der Waals surface area contributed by atoms with Crippen molar-refractivity contribution in [3.63, 3.8) is 0 Å². The lowest BCUT2D eigenvalue weighted by Crippen LogP contribution is -2.21. The van der Waals surface area contributed by atoms with Crippen LogP contribution in [-0.2, 0) is 16.3 Å². The van der Waals surface area contributed by atoms with E-state index < -0.39 is 9.84 Å². The van der Waals surface area contributed by atoms with Gasteiger partial charge in [-0.05, 0) is 56.5 Å². The van der Waals surface area contributed by atoms with Crippen LogP contribution < -0.4 is 5.32 Å². The van der Waals surface area contributed by atoms with Crippen molar-refractivity contribution in [3.05, 3.63) is 34.9 Å². The van der Waals surface area contributed by atoms with E-state index >= 15 is 0 Å². The highest BCUT2D eigenvalue weighted by molar-refractivity contribution is 7.90. The zero-order valence-electron chi connectivity index (χ0n) is 11.5. The molecule has 1 unspecified atom stereocenters. The van der Waals surface area contributed by atoms with Gasteiger partial charge in [-0.25, -0.2) is 8.42 Å². The number of hydrogen-bond donors (Lipinski definition) is 1. The molecule has 0 heterocycles. The van der Waals surface area contributed by atoms with Crippen LogP contribution in [0.15, 0.2) is 24.3 Å². The van der Waals surface area contributed by atoms with Crippen LogP contribution >= 0.6 is 11.6 Å². The fourth-order valence-corrected chi connectivity index (χ4v) is 3.10. The summed E-state index contributed by atoms with van der Waals surface area (Å²) in [6.45, 7) is 0.885. The second kappa shape index (κ2) is 7.88. The smallest absolute Gasteiger partial charge is 0.147 e. The molecule has 0 amide bonds. The zero-order valence-corrected chi connectivity index (χ0v) is 13.1. The van der Waals surface area contributed by atoms with Crippen LogP contribution in [0.2, 0.25) is 5.02 Å². The minimum Gasteiger partial charge on any atom is -0.319 e. The first-order valence-corrected chi connectivity index (χ1v) is 8.91. The maximum atomic E-state index is 11.1. The van der Waals surface area contributed by atoms with Gasteiger partial charge in [0, 0.05) is 17.0 Å². The molecule has 0 aliphatic carbocycles. The van der Waals surface area contributed by atoms with Crippen molar-refractivity contribution < 1.29 is 8.42 Å². The third kappa shape index (κ3) is 7.55. The van der Waals surface area contributed by atoms with Crippen LogP contribution in [0.1, 0.15) is 18.4 Å². The van der Waals surface area contributed by atoms with Gasteiger partial charge in [-0.3, -0.25) is 0 Å². The Hall–Kier alpha value is -0.580. The van der Waals surface area contributed by atoms with Gasteiger partial charge in [-0.1, -0.05) is 23.7 Å². The predicted molar refractivity (Wildman–Crippen MR) is 81.5 cm³/mol. The molecule has 19 heavy (non-hydrogen) atoms. The Kier molecular flexibility index (Phi) is 6.83. The largest absolute Gasteiger partial charge is 0.319 e. The Bertz CT molecular complexity index is 488. The molecule has 0 spiro atoms. The van der Waals surface area contributed by atoms with Crippen LogP contribution in [0.4, 0.5) is 0 Å². The molecular formula is C14H22ClNO2S. The first-order valence-electron chi connectivity index (χ1n) is 6.47. The molecule has 5 heteroatoms. The fraction of sp³-hybridized carbons (Fsp3) is 0.571. The first kappa shape index (κ1) is 16.5. The quantitative estimate of drug-likeness (QED) is 0.803. The van der Waals surface area contributed by atoms with Gasteiger partial charge in [0.15, 0.2) is 0 Å².